The van der Waals surface area contributed by atoms with Crippen molar-refractivity contribution in [3.63, 3.8) is 0 Å². The van der Waals surface area contributed by atoms with Gasteiger partial charge in [0, 0.05) is 50.4 Å². The van der Waals surface area contributed by atoms with E-state index in [1.54, 1.807) is 0 Å². The van der Waals surface area contributed by atoms with E-state index in [-0.39, 0.29) is 5.91 Å². The highest BCUT2D eigenvalue weighted by Gasteiger charge is 2.44. The Morgan fingerprint density at radius 1 is 1.27 bits per heavy atom. The van der Waals surface area contributed by atoms with E-state index in [4.69, 9.17) is 9.26 Å². The van der Waals surface area contributed by atoms with Crippen LogP contribution in [0.25, 0.3) is 11.3 Å². The highest BCUT2D eigenvalue weighted by Crippen LogP contribution is 2.37. The molecule has 2 aromatic rings. The lowest BCUT2D eigenvalue weighted by atomic mass is 9.74. The van der Waals surface area contributed by atoms with Crippen molar-refractivity contribution in [1.29, 1.82) is 0 Å². The molecule has 0 spiro atoms. The maximum Gasteiger partial charge on any atom is 0.227 e. The number of carbonyl (C=O) groups excluding carboxylic acids is 1. The zero-order valence-electron chi connectivity index (χ0n) is 18.2. The van der Waals surface area contributed by atoms with Gasteiger partial charge in [-0.15, -0.1) is 0 Å². The first kappa shape index (κ1) is 21.1. The van der Waals surface area contributed by atoms with Crippen LogP contribution >= 0.6 is 0 Å². The molecule has 2 saturated heterocycles. The van der Waals surface area contributed by atoms with Gasteiger partial charge in [0.1, 0.15) is 11.5 Å². The molecule has 0 aliphatic carbocycles. The Morgan fingerprint density at radius 3 is 2.77 bits per heavy atom. The molecule has 0 unspecified atom stereocenters. The molecular weight excluding hydrogens is 378 g/mol. The number of benzene rings is 1. The minimum absolute atomic E-state index is 0.134. The van der Waals surface area contributed by atoms with E-state index in [2.05, 4.69) is 46.6 Å². The summed E-state index contributed by atoms with van der Waals surface area (Å²) in [5, 5.41) is 7.38. The molecule has 1 N–H and O–H groups in total. The van der Waals surface area contributed by atoms with Crippen molar-refractivity contribution in [2.24, 2.45) is 5.41 Å². The van der Waals surface area contributed by atoms with Crippen molar-refractivity contribution >= 4 is 5.91 Å². The Balaban J connectivity index is 1.55. The quantitative estimate of drug-likeness (QED) is 0.787. The van der Waals surface area contributed by atoms with Crippen LogP contribution in [0.3, 0.4) is 0 Å². The Hall–Kier alpha value is -2.18. The van der Waals surface area contributed by atoms with Gasteiger partial charge in [-0.3, -0.25) is 9.69 Å². The molecule has 6 heteroatoms. The van der Waals surface area contributed by atoms with Gasteiger partial charge in [0.25, 0.3) is 0 Å². The number of aryl methyl sites for hydroxylation is 1. The van der Waals surface area contributed by atoms with E-state index in [9.17, 15) is 4.79 Å². The summed E-state index contributed by atoms with van der Waals surface area (Å²) >= 11 is 0. The molecule has 1 aromatic heterocycles. The van der Waals surface area contributed by atoms with Crippen LogP contribution in [0.5, 0.6) is 0 Å². The van der Waals surface area contributed by atoms with Gasteiger partial charge in [-0.05, 0) is 46.1 Å². The van der Waals surface area contributed by atoms with Gasteiger partial charge in [-0.25, -0.2) is 0 Å². The van der Waals surface area contributed by atoms with Gasteiger partial charge < -0.3 is 14.6 Å². The third-order valence-corrected chi connectivity index (χ3v) is 6.55. The first-order valence-corrected chi connectivity index (χ1v) is 11.2. The smallest absolute Gasteiger partial charge is 0.227 e. The largest absolute Gasteiger partial charge is 0.381 e. The zero-order chi connectivity index (χ0) is 21.0. The van der Waals surface area contributed by atoms with Gasteiger partial charge in [0.15, 0.2) is 0 Å². The van der Waals surface area contributed by atoms with Crippen LogP contribution in [0.2, 0.25) is 0 Å². The summed E-state index contributed by atoms with van der Waals surface area (Å²) in [5.41, 5.74) is 2.60. The predicted octanol–water partition coefficient (Wildman–Crippen LogP) is 3.59. The van der Waals surface area contributed by atoms with Crippen LogP contribution < -0.4 is 5.32 Å². The standard InChI is InChI=1S/C24H33N3O3/c1-3-25-23(28)24(11-4-12-27(17-24)20-9-13-29-14-10-20)16-21-15-22(26-30-21)19-7-5-18(2)6-8-19/h5-8,15,20H,3-4,9-14,16-17H2,1-2H3,(H,25,28)/t24-/m1/s1. The van der Waals surface area contributed by atoms with Gasteiger partial charge in [-0.1, -0.05) is 35.0 Å². The van der Waals surface area contributed by atoms with E-state index < -0.39 is 5.41 Å². The third kappa shape index (κ3) is 4.60. The minimum Gasteiger partial charge on any atom is -0.381 e. The Bertz CT molecular complexity index is 842. The van der Waals surface area contributed by atoms with Crippen LogP contribution in [0.15, 0.2) is 34.9 Å². The number of nitrogens with zero attached hydrogens (tertiary/aromatic N) is 2. The Kier molecular flexibility index (Phi) is 6.54. The van der Waals surface area contributed by atoms with Crippen LogP contribution in [0.4, 0.5) is 0 Å². The first-order chi connectivity index (χ1) is 14.6. The van der Waals surface area contributed by atoms with Crippen molar-refractivity contribution in [3.8, 4) is 11.3 Å². The molecule has 0 radical (unpaired) electrons. The normalized spacial score (nSPS) is 23.4. The average molecular weight is 412 g/mol. The molecule has 6 nitrogen and oxygen atoms in total. The number of ether oxygens (including phenoxy) is 1. The SMILES string of the molecule is CCNC(=O)[C@@]1(Cc2cc(-c3ccc(C)cc3)no2)CCCN(C2CCOCC2)C1. The highest BCUT2D eigenvalue weighted by atomic mass is 16.5. The second kappa shape index (κ2) is 9.31. The van der Waals surface area contributed by atoms with E-state index in [0.29, 0.717) is 19.0 Å². The van der Waals surface area contributed by atoms with Gasteiger partial charge in [0.05, 0.1) is 5.41 Å². The summed E-state index contributed by atoms with van der Waals surface area (Å²) in [6, 6.07) is 10.8. The topological polar surface area (TPSA) is 67.6 Å². The molecule has 162 valence electrons. The molecule has 2 aliphatic rings. The van der Waals surface area contributed by atoms with Crippen molar-refractivity contribution in [2.75, 3.05) is 32.8 Å². The fraction of sp³-hybridized carbons (Fsp3) is 0.583. The monoisotopic (exact) mass is 411 g/mol. The lowest BCUT2D eigenvalue weighted by Crippen LogP contribution is -2.56. The molecule has 30 heavy (non-hydrogen) atoms. The first-order valence-electron chi connectivity index (χ1n) is 11.2. The van der Waals surface area contributed by atoms with Crippen molar-refractivity contribution in [3.05, 3.63) is 41.7 Å². The molecule has 3 heterocycles. The summed E-state index contributed by atoms with van der Waals surface area (Å²) in [4.78, 5) is 15.8. The van der Waals surface area contributed by atoms with E-state index in [0.717, 1.165) is 69.0 Å². The van der Waals surface area contributed by atoms with E-state index in [1.807, 2.05) is 13.0 Å². The number of rotatable bonds is 6. The van der Waals surface area contributed by atoms with Crippen LogP contribution in [0.1, 0.15) is 43.9 Å². The average Bonchev–Trinajstić information content (AvgIpc) is 3.23. The van der Waals surface area contributed by atoms with Crippen LogP contribution in [-0.2, 0) is 16.0 Å². The summed E-state index contributed by atoms with van der Waals surface area (Å²) in [7, 11) is 0. The van der Waals surface area contributed by atoms with Crippen molar-refractivity contribution < 1.29 is 14.1 Å². The highest BCUT2D eigenvalue weighted by molar-refractivity contribution is 5.83. The molecule has 2 fully saturated rings. The van der Waals surface area contributed by atoms with E-state index in [1.165, 1.54) is 5.56 Å². The van der Waals surface area contributed by atoms with Crippen molar-refractivity contribution in [2.45, 2.75) is 52.0 Å². The molecule has 4 rings (SSSR count). The summed E-state index contributed by atoms with van der Waals surface area (Å²) < 4.78 is 11.3. The lowest BCUT2D eigenvalue weighted by molar-refractivity contribution is -0.136. The van der Waals surface area contributed by atoms with Gasteiger partial charge in [-0.2, -0.15) is 0 Å². The molecular formula is C24H33N3O3. The lowest BCUT2D eigenvalue weighted by Gasteiger charge is -2.45. The molecule has 1 aromatic carbocycles. The predicted molar refractivity (Wildman–Crippen MR) is 116 cm³/mol. The second-order valence-electron chi connectivity index (χ2n) is 8.78. The molecule has 1 amide bonds. The number of carbonyl (C=O) groups is 1. The number of piperidine rings is 1. The van der Waals surface area contributed by atoms with Crippen molar-refractivity contribution in [1.82, 2.24) is 15.4 Å². The summed E-state index contributed by atoms with van der Waals surface area (Å²) in [6.45, 7) is 8.15. The summed E-state index contributed by atoms with van der Waals surface area (Å²) in [6.07, 6.45) is 4.57. The molecule has 2 aliphatic heterocycles. The number of hydrogen-bond donors (Lipinski definition) is 1. The number of likely N-dealkylation sites (tertiary alicyclic amines) is 1. The molecule has 1 atom stereocenters. The van der Waals surface area contributed by atoms with E-state index >= 15 is 0 Å². The number of aromatic nitrogens is 1. The summed E-state index contributed by atoms with van der Waals surface area (Å²) in [5.74, 6) is 0.917. The maximum absolute atomic E-state index is 13.2. The Morgan fingerprint density at radius 2 is 2.03 bits per heavy atom. The maximum atomic E-state index is 13.2. The number of hydrogen-bond acceptors (Lipinski definition) is 5. The molecule has 0 bridgehead atoms. The molecule has 0 saturated carbocycles. The second-order valence-corrected chi connectivity index (χ2v) is 8.78. The fourth-order valence-electron chi connectivity index (χ4n) is 4.88. The Labute approximate surface area is 179 Å². The van der Waals surface area contributed by atoms with Crippen LogP contribution in [0, 0.1) is 12.3 Å². The van der Waals surface area contributed by atoms with Gasteiger partial charge in [0.2, 0.25) is 5.91 Å². The number of nitrogens with one attached hydrogen (secondary N) is 1. The third-order valence-electron chi connectivity index (χ3n) is 6.55. The zero-order valence-corrected chi connectivity index (χ0v) is 18.2. The van der Waals surface area contributed by atoms with Crippen LogP contribution in [-0.4, -0.2) is 54.9 Å². The minimum atomic E-state index is -0.476. The van der Waals surface area contributed by atoms with Gasteiger partial charge >= 0.3 is 0 Å². The number of amides is 1. The fourth-order valence-corrected chi connectivity index (χ4v) is 4.88.